The van der Waals surface area contributed by atoms with Gasteiger partial charge in [0.2, 0.25) is 5.91 Å². The maximum absolute atomic E-state index is 12.2. The van der Waals surface area contributed by atoms with Gasteiger partial charge in [0, 0.05) is 52.7 Å². The molecule has 0 bridgehead atoms. The Bertz CT molecular complexity index is 371. The number of nitrogens with one attached hydrogen (secondary N) is 1. The van der Waals surface area contributed by atoms with E-state index in [9.17, 15) is 9.59 Å². The molecule has 5 heteroatoms. The predicted molar refractivity (Wildman–Crippen MR) is 102 cm³/mol. The fourth-order valence-corrected chi connectivity index (χ4v) is 3.25. The molecule has 0 saturated heterocycles. The summed E-state index contributed by atoms with van der Waals surface area (Å²) in [5, 5.41) is 3.01. The van der Waals surface area contributed by atoms with Crippen LogP contribution in [0.4, 0.5) is 0 Å². The van der Waals surface area contributed by atoms with Gasteiger partial charge in [-0.1, -0.05) is 13.8 Å². The number of ether oxygens (including phenoxy) is 2. The van der Waals surface area contributed by atoms with Crippen molar-refractivity contribution in [2.24, 2.45) is 11.8 Å². The van der Waals surface area contributed by atoms with E-state index in [2.05, 4.69) is 12.2 Å². The summed E-state index contributed by atoms with van der Waals surface area (Å²) < 4.78 is 11.0. The summed E-state index contributed by atoms with van der Waals surface area (Å²) in [5.74, 6) is 0.781. The van der Waals surface area contributed by atoms with Crippen LogP contribution in [-0.2, 0) is 19.1 Å². The molecule has 148 valence electrons. The van der Waals surface area contributed by atoms with Gasteiger partial charge in [0.15, 0.2) is 0 Å². The number of carbonyl (C=O) groups is 2. The molecule has 5 nitrogen and oxygen atoms in total. The molecule has 1 aliphatic rings. The number of unbranched alkanes of at least 4 members (excludes halogenated alkanes) is 1. The summed E-state index contributed by atoms with van der Waals surface area (Å²) >= 11 is 0. The van der Waals surface area contributed by atoms with Crippen LogP contribution in [0, 0.1) is 11.8 Å². The van der Waals surface area contributed by atoms with Gasteiger partial charge in [0.25, 0.3) is 0 Å². The average Bonchev–Trinajstić information content (AvgIpc) is 2.65. The maximum Gasteiger partial charge on any atom is 0.223 e. The van der Waals surface area contributed by atoms with Gasteiger partial charge in [-0.05, 0) is 51.4 Å². The van der Waals surface area contributed by atoms with E-state index in [1.54, 1.807) is 0 Å². The highest BCUT2D eigenvalue weighted by Crippen LogP contribution is 2.30. The van der Waals surface area contributed by atoms with Crippen molar-refractivity contribution in [1.29, 1.82) is 0 Å². The van der Waals surface area contributed by atoms with E-state index in [-0.39, 0.29) is 19.2 Å². The first-order chi connectivity index (χ1) is 12.2. The van der Waals surface area contributed by atoms with Crippen molar-refractivity contribution >= 4 is 11.7 Å². The highest BCUT2D eigenvalue weighted by molar-refractivity contribution is 5.82. The summed E-state index contributed by atoms with van der Waals surface area (Å²) in [5.41, 5.74) is 0. The van der Waals surface area contributed by atoms with Crippen LogP contribution in [0.1, 0.15) is 73.1 Å². The van der Waals surface area contributed by atoms with Crippen LogP contribution in [0.2, 0.25) is 0 Å². The van der Waals surface area contributed by atoms with Crippen molar-refractivity contribution in [3.8, 4) is 0 Å². The van der Waals surface area contributed by atoms with Crippen molar-refractivity contribution in [3.63, 3.8) is 0 Å². The second-order valence-electron chi connectivity index (χ2n) is 6.94. The first-order valence-electron chi connectivity index (χ1n) is 10.1. The molecule has 1 N–H and O–H groups in total. The Labute approximate surface area is 154 Å². The number of amides is 1. The van der Waals surface area contributed by atoms with E-state index >= 15 is 0 Å². The monoisotopic (exact) mass is 357 g/mol. The van der Waals surface area contributed by atoms with Crippen LogP contribution in [0.25, 0.3) is 0 Å². The Balaban J connectivity index is 0.00000625. The zero-order valence-electron chi connectivity index (χ0n) is 16.2. The Morgan fingerprint density at radius 3 is 2.04 bits per heavy atom. The van der Waals surface area contributed by atoms with Gasteiger partial charge in [-0.2, -0.15) is 0 Å². The Kier molecular flexibility index (Phi) is 12.6. The van der Waals surface area contributed by atoms with Crippen LogP contribution in [0.3, 0.4) is 0 Å². The molecule has 1 amide bonds. The number of hydrogen-bond acceptors (Lipinski definition) is 4. The maximum atomic E-state index is 12.2. The molecule has 0 aromatic rings. The van der Waals surface area contributed by atoms with Crippen molar-refractivity contribution in [3.05, 3.63) is 0 Å². The van der Waals surface area contributed by atoms with Crippen LogP contribution >= 0.6 is 0 Å². The third-order valence-electron chi connectivity index (χ3n) is 4.84. The summed E-state index contributed by atoms with van der Waals surface area (Å²) in [6, 6.07) is 0. The van der Waals surface area contributed by atoms with E-state index in [0.717, 1.165) is 71.2 Å². The van der Waals surface area contributed by atoms with Gasteiger partial charge in [0.05, 0.1) is 0 Å². The molecule has 1 rings (SSSR count). The molecular formula is C20H39NO4. The largest absolute Gasteiger partial charge is 0.381 e. The fourth-order valence-electron chi connectivity index (χ4n) is 3.25. The summed E-state index contributed by atoms with van der Waals surface area (Å²) in [4.78, 5) is 23.9. The molecule has 0 unspecified atom stereocenters. The van der Waals surface area contributed by atoms with Gasteiger partial charge in [0.1, 0.15) is 5.78 Å². The first-order valence-corrected chi connectivity index (χ1v) is 10.1. The Morgan fingerprint density at radius 2 is 1.44 bits per heavy atom. The van der Waals surface area contributed by atoms with E-state index in [1.807, 2.05) is 6.92 Å². The summed E-state index contributed by atoms with van der Waals surface area (Å²) in [6.45, 7) is 7.82. The van der Waals surface area contributed by atoms with Crippen molar-refractivity contribution in [2.45, 2.75) is 71.6 Å². The van der Waals surface area contributed by atoms with E-state index in [0.29, 0.717) is 25.4 Å². The van der Waals surface area contributed by atoms with Gasteiger partial charge in [-0.3, -0.25) is 9.59 Å². The van der Waals surface area contributed by atoms with Crippen LogP contribution in [-0.4, -0.2) is 44.7 Å². The third-order valence-corrected chi connectivity index (χ3v) is 4.84. The molecule has 1 aliphatic carbocycles. The molecule has 25 heavy (non-hydrogen) atoms. The SMILES string of the molecule is CCCOCCCCOCCCNC(=O)C1CCC(C(=O)CC)CC1.[HH]. The summed E-state index contributed by atoms with van der Waals surface area (Å²) in [7, 11) is 0. The lowest BCUT2D eigenvalue weighted by atomic mass is 9.79. The van der Waals surface area contributed by atoms with Crippen molar-refractivity contribution < 1.29 is 20.5 Å². The first kappa shape index (κ1) is 22.1. The lowest BCUT2D eigenvalue weighted by Crippen LogP contribution is -2.35. The molecule has 0 radical (unpaired) electrons. The fraction of sp³-hybridized carbons (Fsp3) is 0.900. The van der Waals surface area contributed by atoms with Crippen LogP contribution in [0.5, 0.6) is 0 Å². The summed E-state index contributed by atoms with van der Waals surface area (Å²) in [6.07, 6.45) is 8.04. The van der Waals surface area contributed by atoms with Gasteiger partial charge < -0.3 is 14.8 Å². The van der Waals surface area contributed by atoms with E-state index in [4.69, 9.17) is 9.47 Å². The third kappa shape index (κ3) is 9.95. The smallest absolute Gasteiger partial charge is 0.223 e. The van der Waals surface area contributed by atoms with Gasteiger partial charge >= 0.3 is 0 Å². The quantitative estimate of drug-likeness (QED) is 0.481. The predicted octanol–water partition coefficient (Wildman–Crippen LogP) is 3.75. The second kappa shape index (κ2) is 14.3. The van der Waals surface area contributed by atoms with Crippen LogP contribution < -0.4 is 5.32 Å². The van der Waals surface area contributed by atoms with E-state index < -0.39 is 0 Å². The molecule has 0 atom stereocenters. The lowest BCUT2D eigenvalue weighted by molar-refractivity contribution is -0.129. The molecular weight excluding hydrogens is 318 g/mol. The minimum atomic E-state index is 0. The molecule has 0 spiro atoms. The van der Waals surface area contributed by atoms with Gasteiger partial charge in [-0.25, -0.2) is 0 Å². The van der Waals surface area contributed by atoms with Gasteiger partial charge in [-0.15, -0.1) is 0 Å². The van der Waals surface area contributed by atoms with Crippen molar-refractivity contribution in [2.75, 3.05) is 33.0 Å². The lowest BCUT2D eigenvalue weighted by Gasteiger charge is -2.26. The van der Waals surface area contributed by atoms with E-state index in [1.165, 1.54) is 0 Å². The number of hydrogen-bond donors (Lipinski definition) is 1. The molecule has 1 saturated carbocycles. The Hall–Kier alpha value is -0.940. The number of rotatable bonds is 14. The minimum absolute atomic E-state index is 0. The minimum Gasteiger partial charge on any atom is -0.381 e. The zero-order valence-corrected chi connectivity index (χ0v) is 16.2. The molecule has 0 aromatic carbocycles. The number of ketones is 1. The average molecular weight is 358 g/mol. The van der Waals surface area contributed by atoms with Crippen LogP contribution in [0.15, 0.2) is 0 Å². The number of carbonyl (C=O) groups excluding carboxylic acids is 2. The van der Waals surface area contributed by atoms with Crippen molar-refractivity contribution in [1.82, 2.24) is 5.32 Å². The standard InChI is InChI=1S/C20H37NO4.H2/c1-3-13-24-14-5-6-15-25-16-7-12-21-20(23)18-10-8-17(9-11-18)19(22)4-2;/h17-18H,3-16H2,1-2H3,(H,21,23);1H. The highest BCUT2D eigenvalue weighted by atomic mass is 16.5. The highest BCUT2D eigenvalue weighted by Gasteiger charge is 2.28. The Morgan fingerprint density at radius 1 is 0.880 bits per heavy atom. The normalized spacial score (nSPS) is 20.4. The zero-order chi connectivity index (χ0) is 18.3. The molecule has 0 heterocycles. The topological polar surface area (TPSA) is 64.6 Å². The molecule has 0 aromatic heterocycles. The number of Topliss-reactive ketones (excluding diaryl/α,β-unsaturated/α-hetero) is 1. The molecule has 0 aliphatic heterocycles. The second-order valence-corrected chi connectivity index (χ2v) is 6.94. The molecule has 1 fully saturated rings.